The van der Waals surface area contributed by atoms with Crippen molar-refractivity contribution >= 4 is 11.0 Å². The Bertz CT molecular complexity index is 1150. The zero-order chi connectivity index (χ0) is 18.5. The first-order chi connectivity index (χ1) is 13.1. The summed E-state index contributed by atoms with van der Waals surface area (Å²) in [5.41, 5.74) is 4.92. The monoisotopic (exact) mass is 364 g/mol. The third-order valence-corrected chi connectivity index (χ3v) is 5.17. The molecule has 4 nitrogen and oxygen atoms in total. The Morgan fingerprint density at radius 3 is 2.70 bits per heavy atom. The molecule has 5 rings (SSSR count). The normalized spacial score (nSPS) is 14.2. The molecule has 0 atom stereocenters. The first kappa shape index (κ1) is 16.2. The summed E-state index contributed by atoms with van der Waals surface area (Å²) in [7, 11) is 1.97. The lowest BCUT2D eigenvalue weighted by molar-refractivity contribution is 0.602. The molecule has 0 spiro atoms. The smallest absolute Gasteiger partial charge is 0.132 e. The minimum atomic E-state index is -0.454. The fourth-order valence-electron chi connectivity index (χ4n) is 3.66. The van der Waals surface area contributed by atoms with Crippen molar-refractivity contribution in [2.24, 2.45) is 7.05 Å². The molecule has 27 heavy (non-hydrogen) atoms. The number of aromatic nitrogens is 4. The van der Waals surface area contributed by atoms with Crippen molar-refractivity contribution in [2.75, 3.05) is 0 Å². The van der Waals surface area contributed by atoms with Gasteiger partial charge in [-0.15, -0.1) is 0 Å². The standard InChI is InChI=1S/C21H18F2N4/c1-26-11-24-18-7-2-13(8-19(18)26)10-27-12-25-20(21(27)14-3-4-14)16-9-15(22)5-6-17(16)23/h2,5-9,11-12,14H,3-4,10H2,1H3. The first-order valence-corrected chi connectivity index (χ1v) is 9.00. The molecule has 0 aliphatic heterocycles. The van der Waals surface area contributed by atoms with Crippen molar-refractivity contribution in [3.05, 3.63) is 71.9 Å². The van der Waals surface area contributed by atoms with Gasteiger partial charge in [0, 0.05) is 30.8 Å². The summed E-state index contributed by atoms with van der Waals surface area (Å²) in [5.74, 6) is -0.546. The maximum Gasteiger partial charge on any atom is 0.132 e. The van der Waals surface area contributed by atoms with Crippen molar-refractivity contribution in [2.45, 2.75) is 25.3 Å². The van der Waals surface area contributed by atoms with Gasteiger partial charge in [0.2, 0.25) is 0 Å². The van der Waals surface area contributed by atoms with Crippen molar-refractivity contribution in [3.8, 4) is 11.3 Å². The topological polar surface area (TPSA) is 35.6 Å². The van der Waals surface area contributed by atoms with Gasteiger partial charge in [-0.2, -0.15) is 0 Å². The molecular weight excluding hydrogens is 346 g/mol. The molecule has 0 amide bonds. The van der Waals surface area contributed by atoms with Crippen molar-refractivity contribution in [3.63, 3.8) is 0 Å². The van der Waals surface area contributed by atoms with E-state index in [2.05, 4.69) is 26.7 Å². The Morgan fingerprint density at radius 2 is 1.89 bits per heavy atom. The summed E-state index contributed by atoms with van der Waals surface area (Å²) in [4.78, 5) is 8.80. The number of hydrogen-bond donors (Lipinski definition) is 0. The van der Waals surface area contributed by atoms with Crippen LogP contribution < -0.4 is 0 Å². The highest BCUT2D eigenvalue weighted by Crippen LogP contribution is 2.44. The van der Waals surface area contributed by atoms with Crippen LogP contribution in [0, 0.1) is 11.6 Å². The summed E-state index contributed by atoms with van der Waals surface area (Å²) >= 11 is 0. The van der Waals surface area contributed by atoms with Gasteiger partial charge in [-0.1, -0.05) is 6.07 Å². The minimum Gasteiger partial charge on any atom is -0.334 e. The van der Waals surface area contributed by atoms with Crippen molar-refractivity contribution < 1.29 is 8.78 Å². The van der Waals surface area contributed by atoms with Crippen LogP contribution in [0.15, 0.2) is 49.1 Å². The van der Waals surface area contributed by atoms with Crippen LogP contribution in [0.5, 0.6) is 0 Å². The highest BCUT2D eigenvalue weighted by Gasteiger charge is 2.31. The number of rotatable bonds is 4. The van der Waals surface area contributed by atoms with Crippen LogP contribution >= 0.6 is 0 Å². The maximum atomic E-state index is 14.3. The van der Waals surface area contributed by atoms with Crippen LogP contribution in [0.1, 0.15) is 30.0 Å². The molecule has 1 aliphatic carbocycles. The summed E-state index contributed by atoms with van der Waals surface area (Å²) in [6.07, 6.45) is 5.64. The zero-order valence-corrected chi connectivity index (χ0v) is 14.9. The molecule has 0 unspecified atom stereocenters. The zero-order valence-electron chi connectivity index (χ0n) is 14.9. The lowest BCUT2D eigenvalue weighted by atomic mass is 10.1. The molecule has 0 bridgehead atoms. The molecule has 0 radical (unpaired) electrons. The predicted octanol–water partition coefficient (Wildman–Crippen LogP) is 4.64. The van der Waals surface area contributed by atoms with Gasteiger partial charge in [0.25, 0.3) is 0 Å². The van der Waals surface area contributed by atoms with Gasteiger partial charge in [-0.3, -0.25) is 0 Å². The number of benzene rings is 2. The Labute approximate surface area is 155 Å². The summed E-state index contributed by atoms with van der Waals surface area (Å²) in [6, 6.07) is 9.70. The number of fused-ring (bicyclic) bond motifs is 1. The number of imidazole rings is 2. The molecule has 2 aromatic carbocycles. The summed E-state index contributed by atoms with van der Waals surface area (Å²) in [5, 5.41) is 0. The molecule has 136 valence electrons. The number of hydrogen-bond acceptors (Lipinski definition) is 2. The van der Waals surface area contributed by atoms with Gasteiger partial charge in [0.15, 0.2) is 0 Å². The molecular formula is C21H18F2N4. The fourth-order valence-corrected chi connectivity index (χ4v) is 3.66. The lowest BCUT2D eigenvalue weighted by Crippen LogP contribution is -2.04. The molecule has 1 aliphatic rings. The predicted molar refractivity (Wildman–Crippen MR) is 99.4 cm³/mol. The largest absolute Gasteiger partial charge is 0.334 e. The van der Waals surface area contributed by atoms with Crippen LogP contribution in [0.3, 0.4) is 0 Å². The molecule has 0 saturated heterocycles. The van der Waals surface area contributed by atoms with E-state index in [4.69, 9.17) is 0 Å². The van der Waals surface area contributed by atoms with E-state index < -0.39 is 11.6 Å². The molecule has 1 saturated carbocycles. The highest BCUT2D eigenvalue weighted by atomic mass is 19.1. The summed E-state index contributed by atoms with van der Waals surface area (Å²) in [6.45, 7) is 0.636. The van der Waals surface area contributed by atoms with E-state index >= 15 is 0 Å². The van der Waals surface area contributed by atoms with Crippen molar-refractivity contribution in [1.29, 1.82) is 0 Å². The Morgan fingerprint density at radius 1 is 1.04 bits per heavy atom. The SMILES string of the molecule is Cn1cnc2ccc(Cn3cnc(-c4cc(F)ccc4F)c3C3CC3)cc21. The quantitative estimate of drug-likeness (QED) is 0.529. The molecule has 6 heteroatoms. The Hall–Kier alpha value is -3.02. The van der Waals surface area contributed by atoms with E-state index in [0.717, 1.165) is 47.3 Å². The minimum absolute atomic E-state index is 0.234. The van der Waals surface area contributed by atoms with Crippen LogP contribution in [0.2, 0.25) is 0 Å². The van der Waals surface area contributed by atoms with E-state index in [0.29, 0.717) is 18.2 Å². The first-order valence-electron chi connectivity index (χ1n) is 9.00. The maximum absolute atomic E-state index is 14.3. The number of halogens is 2. The van der Waals surface area contributed by atoms with Crippen LogP contribution in [-0.4, -0.2) is 19.1 Å². The summed E-state index contributed by atoms with van der Waals surface area (Å²) < 4.78 is 32.0. The highest BCUT2D eigenvalue weighted by molar-refractivity contribution is 5.76. The van der Waals surface area contributed by atoms with E-state index in [1.54, 1.807) is 12.7 Å². The second-order valence-electron chi connectivity index (χ2n) is 7.18. The van der Waals surface area contributed by atoms with Gasteiger partial charge in [0.1, 0.15) is 11.6 Å². The second kappa shape index (κ2) is 6.01. The average molecular weight is 364 g/mol. The van der Waals surface area contributed by atoms with Gasteiger partial charge >= 0.3 is 0 Å². The number of aryl methyl sites for hydroxylation is 1. The third kappa shape index (κ3) is 2.81. The van der Waals surface area contributed by atoms with Crippen LogP contribution in [-0.2, 0) is 13.6 Å². The van der Waals surface area contributed by atoms with Gasteiger partial charge < -0.3 is 9.13 Å². The van der Waals surface area contributed by atoms with Gasteiger partial charge in [-0.25, -0.2) is 18.7 Å². The molecule has 4 aromatic rings. The van der Waals surface area contributed by atoms with E-state index in [9.17, 15) is 8.78 Å². The Balaban J connectivity index is 1.57. The van der Waals surface area contributed by atoms with E-state index in [-0.39, 0.29) is 5.56 Å². The van der Waals surface area contributed by atoms with E-state index in [1.165, 1.54) is 6.07 Å². The Kier molecular flexibility index (Phi) is 3.60. The van der Waals surface area contributed by atoms with Gasteiger partial charge in [0.05, 0.1) is 29.4 Å². The molecule has 2 heterocycles. The third-order valence-electron chi connectivity index (χ3n) is 5.17. The van der Waals surface area contributed by atoms with E-state index in [1.807, 2.05) is 17.7 Å². The van der Waals surface area contributed by atoms with Crippen molar-refractivity contribution in [1.82, 2.24) is 19.1 Å². The lowest BCUT2D eigenvalue weighted by Gasteiger charge is -2.11. The average Bonchev–Trinajstić information content (AvgIpc) is 3.32. The number of nitrogens with zero attached hydrogens (tertiary/aromatic N) is 4. The molecule has 2 aromatic heterocycles. The van der Waals surface area contributed by atoms with Gasteiger partial charge in [-0.05, 0) is 48.7 Å². The molecule has 1 fully saturated rings. The van der Waals surface area contributed by atoms with Crippen LogP contribution in [0.4, 0.5) is 8.78 Å². The van der Waals surface area contributed by atoms with Crippen LogP contribution in [0.25, 0.3) is 22.3 Å². The fraction of sp³-hybridized carbons (Fsp3) is 0.238. The molecule has 0 N–H and O–H groups in total. The second-order valence-corrected chi connectivity index (χ2v) is 7.18.